The molecule has 1 atom stereocenters. The number of carboxylic acids is 1. The van der Waals surface area contributed by atoms with E-state index in [1.165, 1.54) is 0 Å². The lowest BCUT2D eigenvalue weighted by Crippen LogP contribution is -2.16. The monoisotopic (exact) mass is 402 g/mol. The number of ether oxygens (including phenoxy) is 1. The summed E-state index contributed by atoms with van der Waals surface area (Å²) in [5, 5.41) is 9.16. The minimum Gasteiger partial charge on any atom is -0.489 e. The number of aliphatic carboxylic acids is 1. The lowest BCUT2D eigenvalue weighted by atomic mass is 9.84. The number of hydrogen-bond acceptors (Lipinski definition) is 3. The Morgan fingerprint density at radius 2 is 1.60 bits per heavy atom. The van der Waals surface area contributed by atoms with E-state index >= 15 is 0 Å². The first-order chi connectivity index (χ1) is 14.5. The zero-order valence-electron chi connectivity index (χ0n) is 17.3. The van der Waals surface area contributed by atoms with Crippen molar-refractivity contribution in [2.24, 2.45) is 0 Å². The Morgan fingerprint density at radius 3 is 2.30 bits per heavy atom. The highest BCUT2D eigenvalue weighted by molar-refractivity contribution is 6.01. The fraction of sp³-hybridized carbons (Fsp3) is 0.231. The van der Waals surface area contributed by atoms with Crippen molar-refractivity contribution in [3.63, 3.8) is 0 Å². The molecule has 3 aromatic rings. The Hall–Kier alpha value is -3.40. The molecule has 0 fully saturated rings. The van der Waals surface area contributed by atoms with Crippen LogP contribution in [0, 0.1) is 13.8 Å². The van der Waals surface area contributed by atoms with Crippen LogP contribution in [0.25, 0.3) is 0 Å². The van der Waals surface area contributed by atoms with Gasteiger partial charge in [-0.3, -0.25) is 9.59 Å². The summed E-state index contributed by atoms with van der Waals surface area (Å²) in [6.45, 7) is 4.30. The number of aryl methyl sites for hydroxylation is 2. The molecule has 3 rings (SSSR count). The van der Waals surface area contributed by atoms with Gasteiger partial charge < -0.3 is 9.84 Å². The molecule has 4 nitrogen and oxygen atoms in total. The second-order valence-corrected chi connectivity index (χ2v) is 7.46. The predicted molar refractivity (Wildman–Crippen MR) is 117 cm³/mol. The van der Waals surface area contributed by atoms with Crippen LogP contribution in [0.5, 0.6) is 5.75 Å². The normalized spacial score (nSPS) is 11.7. The minimum absolute atomic E-state index is 0.0615. The Labute approximate surface area is 177 Å². The molecule has 0 aliphatic heterocycles. The summed E-state index contributed by atoms with van der Waals surface area (Å²) < 4.78 is 5.97. The summed E-state index contributed by atoms with van der Waals surface area (Å²) in [5.74, 6) is -0.842. The third-order valence-corrected chi connectivity index (χ3v) is 5.24. The van der Waals surface area contributed by atoms with Gasteiger partial charge in [0.2, 0.25) is 0 Å². The third kappa shape index (κ3) is 5.35. The highest BCUT2D eigenvalue weighted by atomic mass is 16.5. The van der Waals surface area contributed by atoms with Crippen molar-refractivity contribution in [1.29, 1.82) is 0 Å². The molecule has 0 spiro atoms. The topological polar surface area (TPSA) is 63.6 Å². The van der Waals surface area contributed by atoms with Crippen LogP contribution in [0.2, 0.25) is 0 Å². The standard InChI is InChI=1S/C26H26O4/c1-18-8-6-7-11-22(18)23(14-15-25(27)28)26(29)21-13-12-19(2)24(16-21)30-17-20-9-4-3-5-10-20/h3-13,16,23H,14-15,17H2,1-2H3,(H,27,28). The summed E-state index contributed by atoms with van der Waals surface area (Å²) in [5.41, 5.74) is 4.38. The number of hydrogen-bond donors (Lipinski definition) is 1. The molecule has 0 heterocycles. The minimum atomic E-state index is -0.905. The highest BCUT2D eigenvalue weighted by Crippen LogP contribution is 2.30. The number of benzene rings is 3. The van der Waals surface area contributed by atoms with Crippen LogP contribution in [-0.4, -0.2) is 16.9 Å². The second kappa shape index (κ2) is 9.88. The molecule has 0 aromatic heterocycles. The van der Waals surface area contributed by atoms with E-state index in [1.54, 1.807) is 12.1 Å². The average molecular weight is 402 g/mol. The number of rotatable bonds is 9. The molecular formula is C26H26O4. The van der Waals surface area contributed by atoms with Crippen molar-refractivity contribution in [1.82, 2.24) is 0 Å². The average Bonchev–Trinajstić information content (AvgIpc) is 2.75. The fourth-order valence-corrected chi connectivity index (χ4v) is 3.52. The lowest BCUT2D eigenvalue weighted by Gasteiger charge is -2.19. The van der Waals surface area contributed by atoms with Crippen molar-refractivity contribution in [2.75, 3.05) is 0 Å². The molecule has 4 heteroatoms. The second-order valence-electron chi connectivity index (χ2n) is 7.46. The maximum Gasteiger partial charge on any atom is 0.303 e. The fourth-order valence-electron chi connectivity index (χ4n) is 3.52. The van der Waals surface area contributed by atoms with Gasteiger partial charge in [0.25, 0.3) is 0 Å². The van der Waals surface area contributed by atoms with Crippen molar-refractivity contribution >= 4 is 11.8 Å². The number of carboxylic acid groups (broad SMARTS) is 1. The number of ketones is 1. The number of Topliss-reactive ketones (excluding diaryl/α,β-unsaturated/α-hetero) is 1. The molecule has 0 amide bonds. The Balaban J connectivity index is 1.86. The van der Waals surface area contributed by atoms with Crippen LogP contribution in [0.4, 0.5) is 0 Å². The summed E-state index contributed by atoms with van der Waals surface area (Å²) in [6, 6.07) is 22.9. The van der Waals surface area contributed by atoms with Gasteiger partial charge in [-0.25, -0.2) is 0 Å². The Kier molecular flexibility index (Phi) is 7.02. The van der Waals surface area contributed by atoms with E-state index < -0.39 is 11.9 Å². The first kappa shape index (κ1) is 21.3. The van der Waals surface area contributed by atoms with E-state index in [2.05, 4.69) is 0 Å². The molecule has 30 heavy (non-hydrogen) atoms. The first-order valence-electron chi connectivity index (χ1n) is 10.0. The van der Waals surface area contributed by atoms with E-state index in [4.69, 9.17) is 9.84 Å². The van der Waals surface area contributed by atoms with E-state index in [-0.39, 0.29) is 18.6 Å². The summed E-state index contributed by atoms with van der Waals surface area (Å²) >= 11 is 0. The quantitative estimate of drug-likeness (QED) is 0.465. The van der Waals surface area contributed by atoms with Crippen molar-refractivity contribution in [3.05, 3.63) is 101 Å². The Bertz CT molecular complexity index is 1020. The van der Waals surface area contributed by atoms with Crippen LogP contribution in [0.15, 0.2) is 72.8 Å². The van der Waals surface area contributed by atoms with Crippen LogP contribution in [0.1, 0.15) is 51.4 Å². The van der Waals surface area contributed by atoms with Gasteiger partial charge in [-0.2, -0.15) is 0 Å². The third-order valence-electron chi connectivity index (χ3n) is 5.24. The molecule has 0 radical (unpaired) electrons. The molecule has 0 aliphatic carbocycles. The molecule has 1 N–H and O–H groups in total. The maximum absolute atomic E-state index is 13.4. The van der Waals surface area contributed by atoms with Gasteiger partial charge in [0.05, 0.1) is 0 Å². The number of carbonyl (C=O) groups is 2. The predicted octanol–water partition coefficient (Wildman–Crippen LogP) is 5.71. The molecule has 0 aliphatic rings. The van der Waals surface area contributed by atoms with Gasteiger partial charge >= 0.3 is 5.97 Å². The largest absolute Gasteiger partial charge is 0.489 e. The van der Waals surface area contributed by atoms with Gasteiger partial charge in [-0.15, -0.1) is 0 Å². The van der Waals surface area contributed by atoms with Crippen molar-refractivity contribution in [2.45, 2.75) is 39.2 Å². The SMILES string of the molecule is Cc1ccc(C(=O)C(CCC(=O)O)c2ccccc2C)cc1OCc1ccccc1. The number of carbonyl (C=O) groups excluding carboxylic acids is 1. The summed E-state index contributed by atoms with van der Waals surface area (Å²) in [6.07, 6.45) is 0.196. The van der Waals surface area contributed by atoms with E-state index in [0.29, 0.717) is 17.9 Å². The molecule has 1 unspecified atom stereocenters. The zero-order chi connectivity index (χ0) is 21.5. The van der Waals surface area contributed by atoms with Gasteiger partial charge in [0.1, 0.15) is 12.4 Å². The van der Waals surface area contributed by atoms with Gasteiger partial charge in [-0.05, 0) is 48.6 Å². The van der Waals surface area contributed by atoms with Crippen LogP contribution < -0.4 is 4.74 Å². The Morgan fingerprint density at radius 1 is 0.900 bits per heavy atom. The van der Waals surface area contributed by atoms with Gasteiger partial charge in [-0.1, -0.05) is 66.7 Å². The highest BCUT2D eigenvalue weighted by Gasteiger charge is 2.25. The van der Waals surface area contributed by atoms with Crippen molar-refractivity contribution in [3.8, 4) is 5.75 Å². The zero-order valence-corrected chi connectivity index (χ0v) is 17.3. The molecular weight excluding hydrogens is 376 g/mol. The first-order valence-corrected chi connectivity index (χ1v) is 10.0. The molecule has 154 valence electrons. The molecule has 3 aromatic carbocycles. The molecule has 0 bridgehead atoms. The van der Waals surface area contributed by atoms with Gasteiger partial charge in [0, 0.05) is 17.9 Å². The van der Waals surface area contributed by atoms with E-state index in [9.17, 15) is 9.59 Å². The van der Waals surface area contributed by atoms with Gasteiger partial charge in [0.15, 0.2) is 5.78 Å². The summed E-state index contributed by atoms with van der Waals surface area (Å²) in [4.78, 5) is 24.6. The lowest BCUT2D eigenvalue weighted by molar-refractivity contribution is -0.137. The molecule has 0 saturated heterocycles. The smallest absolute Gasteiger partial charge is 0.303 e. The van der Waals surface area contributed by atoms with Crippen LogP contribution in [0.3, 0.4) is 0 Å². The van der Waals surface area contributed by atoms with Crippen molar-refractivity contribution < 1.29 is 19.4 Å². The molecule has 0 saturated carbocycles. The van der Waals surface area contributed by atoms with Crippen LogP contribution in [-0.2, 0) is 11.4 Å². The van der Waals surface area contributed by atoms with Crippen LogP contribution >= 0.6 is 0 Å². The van der Waals surface area contributed by atoms with E-state index in [0.717, 1.165) is 22.3 Å². The maximum atomic E-state index is 13.4. The summed E-state index contributed by atoms with van der Waals surface area (Å²) in [7, 11) is 0. The van der Waals surface area contributed by atoms with E-state index in [1.807, 2.05) is 74.5 Å².